The highest BCUT2D eigenvalue weighted by atomic mass is 32.2. The Morgan fingerprint density at radius 1 is 1.43 bits per heavy atom. The van der Waals surface area contributed by atoms with E-state index in [1.165, 1.54) is 11.4 Å². The lowest BCUT2D eigenvalue weighted by molar-refractivity contribution is 0.313. The minimum atomic E-state index is -3.50. The van der Waals surface area contributed by atoms with Gasteiger partial charge in [-0.25, -0.2) is 8.42 Å². The van der Waals surface area contributed by atoms with E-state index >= 15 is 0 Å². The molecule has 0 spiro atoms. The van der Waals surface area contributed by atoms with Crippen molar-refractivity contribution < 1.29 is 13.2 Å². The average molecular weight is 312 g/mol. The van der Waals surface area contributed by atoms with Crippen LogP contribution in [0.4, 0.5) is 0 Å². The molecule has 5 nitrogen and oxygen atoms in total. The van der Waals surface area contributed by atoms with Crippen molar-refractivity contribution in [3.05, 3.63) is 36.4 Å². The third-order valence-electron chi connectivity index (χ3n) is 2.96. The van der Waals surface area contributed by atoms with Gasteiger partial charge in [-0.05, 0) is 31.7 Å². The molecule has 0 aromatic heterocycles. The maximum absolute atomic E-state index is 12.4. The molecule has 1 aromatic rings. The molecule has 0 aliphatic heterocycles. The fraction of sp³-hybridized carbons (Fsp3) is 0.467. The van der Waals surface area contributed by atoms with Crippen molar-refractivity contribution in [3.8, 4) is 5.75 Å². The van der Waals surface area contributed by atoms with Gasteiger partial charge in [-0.1, -0.05) is 13.0 Å². The van der Waals surface area contributed by atoms with Gasteiger partial charge >= 0.3 is 0 Å². The molecule has 0 unspecified atom stereocenters. The predicted octanol–water partition coefficient (Wildman–Crippen LogP) is 2.00. The van der Waals surface area contributed by atoms with Crippen LogP contribution in [0.2, 0.25) is 0 Å². The minimum Gasteiger partial charge on any atom is -0.493 e. The summed E-state index contributed by atoms with van der Waals surface area (Å²) in [5.41, 5.74) is 0.832. The number of benzene rings is 1. The van der Waals surface area contributed by atoms with E-state index in [-0.39, 0.29) is 11.4 Å². The van der Waals surface area contributed by atoms with E-state index in [2.05, 4.69) is 11.9 Å². The standard InChI is InChI=1S/C15H24N2O3S/c1-5-9-17(4)21(18,19)14-7-8-15(20-10-6-2)13(11-14)12-16-3/h5,7-8,11,16H,1,6,9-10,12H2,2-4H3. The number of nitrogens with zero attached hydrogens (tertiary/aromatic N) is 1. The Kier molecular flexibility index (Phi) is 6.87. The molecule has 0 saturated carbocycles. The number of ether oxygens (including phenoxy) is 1. The summed E-state index contributed by atoms with van der Waals surface area (Å²) in [7, 11) is -0.148. The van der Waals surface area contributed by atoms with Gasteiger partial charge in [0, 0.05) is 25.7 Å². The van der Waals surface area contributed by atoms with Gasteiger partial charge in [-0.3, -0.25) is 0 Å². The molecule has 1 N–H and O–H groups in total. The number of hydrogen-bond acceptors (Lipinski definition) is 4. The Labute approximate surface area is 127 Å². The summed E-state index contributed by atoms with van der Waals surface area (Å²) >= 11 is 0. The highest BCUT2D eigenvalue weighted by Gasteiger charge is 2.21. The highest BCUT2D eigenvalue weighted by molar-refractivity contribution is 7.89. The number of sulfonamides is 1. The second-order valence-electron chi connectivity index (χ2n) is 4.72. The third kappa shape index (κ3) is 4.56. The van der Waals surface area contributed by atoms with Crippen molar-refractivity contribution in [1.29, 1.82) is 0 Å². The maximum atomic E-state index is 12.4. The first-order valence-corrected chi connectivity index (χ1v) is 8.39. The van der Waals surface area contributed by atoms with Crippen molar-refractivity contribution >= 4 is 10.0 Å². The summed E-state index contributed by atoms with van der Waals surface area (Å²) in [5.74, 6) is 0.719. The molecule has 118 valence electrons. The van der Waals surface area contributed by atoms with Crippen LogP contribution in [-0.2, 0) is 16.6 Å². The SMILES string of the molecule is C=CCN(C)S(=O)(=O)c1ccc(OCCC)c(CNC)c1. The van der Waals surface area contributed by atoms with Crippen molar-refractivity contribution in [1.82, 2.24) is 9.62 Å². The Bertz CT molecular complexity index is 570. The molecular weight excluding hydrogens is 288 g/mol. The minimum absolute atomic E-state index is 0.265. The van der Waals surface area contributed by atoms with Crippen LogP contribution in [0.5, 0.6) is 5.75 Å². The van der Waals surface area contributed by atoms with Gasteiger partial charge in [0.15, 0.2) is 0 Å². The van der Waals surface area contributed by atoms with E-state index in [0.717, 1.165) is 17.7 Å². The van der Waals surface area contributed by atoms with E-state index in [1.807, 2.05) is 14.0 Å². The van der Waals surface area contributed by atoms with Crippen LogP contribution < -0.4 is 10.1 Å². The smallest absolute Gasteiger partial charge is 0.243 e. The second kappa shape index (κ2) is 8.17. The van der Waals surface area contributed by atoms with Crippen LogP contribution in [0, 0.1) is 0 Å². The van der Waals surface area contributed by atoms with E-state index in [4.69, 9.17) is 4.74 Å². The molecule has 0 heterocycles. The lowest BCUT2D eigenvalue weighted by atomic mass is 10.2. The lowest BCUT2D eigenvalue weighted by Crippen LogP contribution is -2.27. The Morgan fingerprint density at radius 3 is 2.71 bits per heavy atom. The number of rotatable bonds is 9. The van der Waals surface area contributed by atoms with Gasteiger partial charge in [0.2, 0.25) is 10.0 Å². The monoisotopic (exact) mass is 312 g/mol. The molecule has 0 atom stereocenters. The number of likely N-dealkylation sites (N-methyl/N-ethyl adjacent to an activating group) is 1. The predicted molar refractivity (Wildman–Crippen MR) is 85.0 cm³/mol. The van der Waals surface area contributed by atoms with Crippen LogP contribution in [0.1, 0.15) is 18.9 Å². The van der Waals surface area contributed by atoms with Crippen LogP contribution in [0.15, 0.2) is 35.7 Å². The van der Waals surface area contributed by atoms with Crippen molar-refractivity contribution in [3.63, 3.8) is 0 Å². The normalized spacial score (nSPS) is 11.6. The van der Waals surface area contributed by atoms with E-state index in [9.17, 15) is 8.42 Å². The number of hydrogen-bond donors (Lipinski definition) is 1. The van der Waals surface area contributed by atoms with Crippen molar-refractivity contribution in [2.24, 2.45) is 0 Å². The molecule has 0 fully saturated rings. The molecule has 0 bridgehead atoms. The van der Waals surface area contributed by atoms with Gasteiger partial charge in [-0.15, -0.1) is 6.58 Å². The summed E-state index contributed by atoms with van der Waals surface area (Å²) < 4.78 is 31.8. The van der Waals surface area contributed by atoms with Gasteiger partial charge in [-0.2, -0.15) is 4.31 Å². The molecule has 0 amide bonds. The summed E-state index contributed by atoms with van der Waals surface area (Å²) in [4.78, 5) is 0.265. The molecule has 0 aliphatic carbocycles. The van der Waals surface area contributed by atoms with Gasteiger partial charge in [0.25, 0.3) is 0 Å². The first kappa shape index (κ1) is 17.7. The summed E-state index contributed by atoms with van der Waals surface area (Å²) in [6, 6.07) is 4.96. The second-order valence-corrected chi connectivity index (χ2v) is 6.77. The molecule has 1 rings (SSSR count). The fourth-order valence-corrected chi connectivity index (χ4v) is 3.05. The molecule has 0 saturated heterocycles. The fourth-order valence-electron chi connectivity index (χ4n) is 1.86. The van der Waals surface area contributed by atoms with Gasteiger partial charge < -0.3 is 10.1 Å². The van der Waals surface area contributed by atoms with Crippen LogP contribution in [-0.4, -0.2) is 40.0 Å². The summed E-state index contributed by atoms with van der Waals surface area (Å²) in [5, 5.41) is 3.03. The van der Waals surface area contributed by atoms with Gasteiger partial charge in [0.05, 0.1) is 11.5 Å². The molecule has 6 heteroatoms. The topological polar surface area (TPSA) is 58.6 Å². The largest absolute Gasteiger partial charge is 0.493 e. The Balaban J connectivity index is 3.15. The zero-order chi connectivity index (χ0) is 15.9. The van der Waals surface area contributed by atoms with Crippen molar-refractivity contribution in [2.45, 2.75) is 24.8 Å². The Morgan fingerprint density at radius 2 is 2.14 bits per heavy atom. The maximum Gasteiger partial charge on any atom is 0.243 e. The van der Waals surface area contributed by atoms with E-state index in [1.54, 1.807) is 24.3 Å². The first-order valence-electron chi connectivity index (χ1n) is 6.95. The van der Waals surface area contributed by atoms with Gasteiger partial charge in [0.1, 0.15) is 5.75 Å². The molecule has 1 aromatic carbocycles. The quantitative estimate of drug-likeness (QED) is 0.709. The lowest BCUT2D eigenvalue weighted by Gasteiger charge is -2.17. The highest BCUT2D eigenvalue weighted by Crippen LogP contribution is 2.24. The van der Waals surface area contributed by atoms with E-state index in [0.29, 0.717) is 13.2 Å². The Hall–Kier alpha value is -1.37. The molecule has 21 heavy (non-hydrogen) atoms. The van der Waals surface area contributed by atoms with Crippen LogP contribution in [0.3, 0.4) is 0 Å². The van der Waals surface area contributed by atoms with Crippen LogP contribution in [0.25, 0.3) is 0 Å². The molecular formula is C15H24N2O3S. The van der Waals surface area contributed by atoms with Crippen molar-refractivity contribution in [2.75, 3.05) is 27.2 Å². The van der Waals surface area contributed by atoms with Crippen LogP contribution >= 0.6 is 0 Å². The molecule has 0 aliphatic rings. The summed E-state index contributed by atoms with van der Waals surface area (Å²) in [6.45, 7) is 7.03. The summed E-state index contributed by atoms with van der Waals surface area (Å²) in [6.07, 6.45) is 2.46. The van der Waals surface area contributed by atoms with E-state index < -0.39 is 10.0 Å². The average Bonchev–Trinajstić information content (AvgIpc) is 2.46. The molecule has 0 radical (unpaired) electrons. The zero-order valence-corrected chi connectivity index (χ0v) is 13.7. The third-order valence-corrected chi connectivity index (χ3v) is 4.77. The number of nitrogens with one attached hydrogen (secondary N) is 1. The zero-order valence-electron chi connectivity index (χ0n) is 12.9. The first-order chi connectivity index (χ1) is 9.97.